The third-order valence-electron chi connectivity index (χ3n) is 7.19. The lowest BCUT2D eigenvalue weighted by atomic mass is 9.99. The largest absolute Gasteiger partial charge is 0.401 e. The maximum absolute atomic E-state index is 13.0. The van der Waals surface area contributed by atoms with Gasteiger partial charge in [0.15, 0.2) is 0 Å². The van der Waals surface area contributed by atoms with Gasteiger partial charge < -0.3 is 15.8 Å². The van der Waals surface area contributed by atoms with Crippen molar-refractivity contribution in [3.05, 3.63) is 89.0 Å². The van der Waals surface area contributed by atoms with Crippen molar-refractivity contribution in [2.75, 3.05) is 51.8 Å². The Morgan fingerprint density at radius 2 is 2.05 bits per heavy atom. The van der Waals surface area contributed by atoms with E-state index in [0.717, 1.165) is 84.5 Å². The first-order chi connectivity index (χ1) is 20.0. The molecule has 214 valence electrons. The third-order valence-corrected chi connectivity index (χ3v) is 9.06. The summed E-state index contributed by atoms with van der Waals surface area (Å²) in [5, 5.41) is 5.63. The summed E-state index contributed by atoms with van der Waals surface area (Å²) in [6.07, 6.45) is 11.0. The van der Waals surface area contributed by atoms with Crippen molar-refractivity contribution in [1.29, 1.82) is 0 Å². The zero-order valence-electron chi connectivity index (χ0n) is 23.3. The molecule has 2 aromatic heterocycles. The molecule has 1 amide bonds. The number of nitrogens with one attached hydrogen (secondary N) is 1. The van der Waals surface area contributed by atoms with E-state index in [1.807, 2.05) is 42.6 Å². The second-order valence-electron chi connectivity index (χ2n) is 10.1. The van der Waals surface area contributed by atoms with Crippen molar-refractivity contribution in [3.8, 4) is 10.6 Å². The molecule has 8 nitrogen and oxygen atoms in total. The van der Waals surface area contributed by atoms with Crippen LogP contribution in [0.5, 0.6) is 0 Å². The van der Waals surface area contributed by atoms with Crippen LogP contribution in [0.15, 0.2) is 83.4 Å². The summed E-state index contributed by atoms with van der Waals surface area (Å²) in [4.78, 5) is 28.8. The molecule has 1 aliphatic heterocycles. The number of pyridine rings is 1. The number of aromatic nitrogens is 2. The number of ether oxygens (including phenoxy) is 1. The van der Waals surface area contributed by atoms with E-state index in [4.69, 9.17) is 20.4 Å². The standard InChI is InChI=1S/C31H36N6O2S2/c1-22(40-21-26(32)24-8-4-3-5-9-24)29(38)34-27-11-7-6-10-25(27)30-35-28-18-23(19-33-31(28)41-30)20-37-14-12-36(13-15-37)16-17-39-2/h3-8,10-11,18-19,21,24H,1,9,12-17,20,32H2,2H3,(H,34,38)/b26-21-. The SMILES string of the molecule is C=C(S/C=C(\N)C1C=CC=CC1)C(=O)Nc1ccccc1-c1nc2cc(CN3CCN(CCOC)CC3)cnc2s1. The maximum atomic E-state index is 13.0. The van der Waals surface area contributed by atoms with E-state index >= 15 is 0 Å². The van der Waals surface area contributed by atoms with Crippen LogP contribution >= 0.6 is 23.1 Å². The second kappa shape index (κ2) is 14.1. The topological polar surface area (TPSA) is 96.6 Å². The number of benzene rings is 1. The molecule has 1 atom stereocenters. The Hall–Kier alpha value is -3.28. The fraction of sp³-hybridized carbons (Fsp3) is 0.323. The number of nitrogens with zero attached hydrogens (tertiary/aromatic N) is 4. The van der Waals surface area contributed by atoms with Gasteiger partial charge in [-0.2, -0.15) is 0 Å². The van der Waals surface area contributed by atoms with Gasteiger partial charge in [-0.15, -0.1) is 0 Å². The second-order valence-corrected chi connectivity index (χ2v) is 12.1. The normalized spacial score (nSPS) is 18.2. The van der Waals surface area contributed by atoms with Crippen LogP contribution in [0.3, 0.4) is 0 Å². The highest BCUT2D eigenvalue weighted by molar-refractivity contribution is 8.06. The molecule has 41 heavy (non-hydrogen) atoms. The van der Waals surface area contributed by atoms with Gasteiger partial charge in [0.2, 0.25) is 0 Å². The minimum Gasteiger partial charge on any atom is -0.401 e. The van der Waals surface area contributed by atoms with Gasteiger partial charge >= 0.3 is 0 Å². The predicted molar refractivity (Wildman–Crippen MR) is 170 cm³/mol. The Labute approximate surface area is 249 Å². The quantitative estimate of drug-likeness (QED) is 0.294. The Bertz CT molecular complexity index is 1470. The number of thioether (sulfide) groups is 1. The van der Waals surface area contributed by atoms with Crippen LogP contribution in [0.25, 0.3) is 20.9 Å². The Morgan fingerprint density at radius 3 is 2.83 bits per heavy atom. The molecule has 1 saturated heterocycles. The van der Waals surface area contributed by atoms with Gasteiger partial charge in [0.1, 0.15) is 15.4 Å². The van der Waals surface area contributed by atoms with Gasteiger partial charge in [0, 0.05) is 69.8 Å². The number of hydrogen-bond acceptors (Lipinski definition) is 9. The molecule has 3 heterocycles. The molecule has 0 radical (unpaired) electrons. The summed E-state index contributed by atoms with van der Waals surface area (Å²) in [6.45, 7) is 10.7. The summed E-state index contributed by atoms with van der Waals surface area (Å²) in [6, 6.07) is 9.82. The van der Waals surface area contributed by atoms with Crippen molar-refractivity contribution < 1.29 is 9.53 Å². The highest BCUT2D eigenvalue weighted by atomic mass is 32.2. The van der Waals surface area contributed by atoms with Crippen molar-refractivity contribution in [2.24, 2.45) is 11.7 Å². The zero-order valence-corrected chi connectivity index (χ0v) is 24.9. The first kappa shape index (κ1) is 29.2. The van der Waals surface area contributed by atoms with E-state index in [1.165, 1.54) is 23.1 Å². The van der Waals surface area contributed by atoms with E-state index in [9.17, 15) is 4.79 Å². The molecule has 10 heteroatoms. The van der Waals surface area contributed by atoms with Crippen molar-refractivity contribution in [1.82, 2.24) is 19.8 Å². The number of allylic oxidation sites excluding steroid dienone is 4. The van der Waals surface area contributed by atoms with Gasteiger partial charge in [0.05, 0.1) is 17.2 Å². The number of thiazole rings is 1. The van der Waals surface area contributed by atoms with Gasteiger partial charge in [0.25, 0.3) is 5.91 Å². The number of nitrogens with two attached hydrogens (primary N) is 1. The number of anilines is 1. The monoisotopic (exact) mass is 588 g/mol. The molecule has 1 aliphatic carbocycles. The maximum Gasteiger partial charge on any atom is 0.261 e. The average molecular weight is 589 g/mol. The summed E-state index contributed by atoms with van der Waals surface area (Å²) >= 11 is 2.76. The van der Waals surface area contributed by atoms with E-state index in [-0.39, 0.29) is 11.8 Å². The van der Waals surface area contributed by atoms with Crippen LogP contribution in [0.2, 0.25) is 0 Å². The fourth-order valence-corrected chi connectivity index (χ4v) is 6.34. The number of piperazine rings is 1. The van der Waals surface area contributed by atoms with E-state index in [1.54, 1.807) is 12.5 Å². The number of rotatable bonds is 11. The summed E-state index contributed by atoms with van der Waals surface area (Å²) in [5.41, 5.74) is 10.5. The molecule has 0 saturated carbocycles. The minimum absolute atomic E-state index is 0.147. The molecule has 3 N–H and O–H groups in total. The molecule has 1 aromatic carbocycles. The molecule has 2 aliphatic rings. The average Bonchev–Trinajstić information content (AvgIpc) is 3.43. The molecule has 5 rings (SSSR count). The Kier molecular flexibility index (Phi) is 10.0. The van der Waals surface area contributed by atoms with Crippen molar-refractivity contribution in [2.45, 2.75) is 13.0 Å². The molecule has 1 unspecified atom stereocenters. The van der Waals surface area contributed by atoms with Crippen molar-refractivity contribution in [3.63, 3.8) is 0 Å². The lowest BCUT2D eigenvalue weighted by Crippen LogP contribution is -2.46. The molecule has 0 spiro atoms. The Morgan fingerprint density at radius 1 is 1.24 bits per heavy atom. The number of amides is 1. The van der Waals surface area contributed by atoms with Gasteiger partial charge in [-0.1, -0.05) is 66.1 Å². The highest BCUT2D eigenvalue weighted by Gasteiger charge is 2.19. The zero-order chi connectivity index (χ0) is 28.6. The molecular weight excluding hydrogens is 553 g/mol. The first-order valence-electron chi connectivity index (χ1n) is 13.7. The summed E-state index contributed by atoms with van der Waals surface area (Å²) in [7, 11) is 1.75. The van der Waals surface area contributed by atoms with E-state index in [0.29, 0.717) is 10.6 Å². The number of carbonyl (C=O) groups is 1. The van der Waals surface area contributed by atoms with Gasteiger partial charge in [-0.05, 0) is 35.6 Å². The van der Waals surface area contributed by atoms with Crippen molar-refractivity contribution >= 4 is 45.0 Å². The van der Waals surface area contributed by atoms with Gasteiger partial charge in [-0.25, -0.2) is 9.97 Å². The van der Waals surface area contributed by atoms with Crippen LogP contribution in [0.1, 0.15) is 12.0 Å². The molecule has 1 fully saturated rings. The number of hydrogen-bond donors (Lipinski definition) is 2. The van der Waals surface area contributed by atoms with E-state index in [2.05, 4.69) is 39.9 Å². The van der Waals surface area contributed by atoms with Crippen LogP contribution in [-0.2, 0) is 16.1 Å². The van der Waals surface area contributed by atoms with Gasteiger partial charge in [-0.3, -0.25) is 14.6 Å². The number of methoxy groups -OCH3 is 1. The van der Waals surface area contributed by atoms with Crippen LogP contribution in [-0.4, -0.2) is 72.1 Å². The molecule has 0 bridgehead atoms. The highest BCUT2D eigenvalue weighted by Crippen LogP contribution is 2.34. The smallest absolute Gasteiger partial charge is 0.261 e. The predicted octanol–water partition coefficient (Wildman–Crippen LogP) is 5.24. The molecular formula is C31H36N6O2S2. The number of fused-ring (bicyclic) bond motifs is 1. The van der Waals surface area contributed by atoms with E-state index < -0.39 is 0 Å². The lowest BCUT2D eigenvalue weighted by molar-refractivity contribution is -0.112. The fourth-order valence-electron chi connectivity index (χ4n) is 4.79. The van der Waals surface area contributed by atoms with Crippen LogP contribution in [0, 0.1) is 5.92 Å². The first-order valence-corrected chi connectivity index (χ1v) is 15.4. The minimum atomic E-state index is -0.269. The summed E-state index contributed by atoms with van der Waals surface area (Å²) in [5.74, 6) is -0.122. The lowest BCUT2D eigenvalue weighted by Gasteiger charge is -2.34. The number of para-hydroxylation sites is 1. The van der Waals surface area contributed by atoms with Crippen LogP contribution < -0.4 is 11.1 Å². The third kappa shape index (κ3) is 7.72. The Balaban J connectivity index is 1.23. The molecule has 3 aromatic rings. The summed E-state index contributed by atoms with van der Waals surface area (Å²) < 4.78 is 5.21. The van der Waals surface area contributed by atoms with Crippen LogP contribution in [0.4, 0.5) is 5.69 Å². The number of carbonyl (C=O) groups excluding carboxylic acids is 1.